The first kappa shape index (κ1) is 16.9. The molecule has 0 aromatic rings. The van der Waals surface area contributed by atoms with Crippen LogP contribution in [0.15, 0.2) is 0 Å². The van der Waals surface area contributed by atoms with Gasteiger partial charge in [-0.3, -0.25) is 4.90 Å². The number of hydrogen-bond acceptors (Lipinski definition) is 4. The molecular weight excluding hydrogens is 262 g/mol. The molecule has 0 bridgehead atoms. The highest BCUT2D eigenvalue weighted by Crippen LogP contribution is 2.17. The van der Waals surface area contributed by atoms with Gasteiger partial charge in [-0.25, -0.2) is 8.42 Å². The minimum absolute atomic E-state index is 0.124. The fraction of sp³-hybridized carbons (Fsp3) is 1.00. The van der Waals surface area contributed by atoms with Gasteiger partial charge < -0.3 is 5.32 Å². The largest absolute Gasteiger partial charge is 0.316 e. The maximum Gasteiger partial charge on any atom is 0.215 e. The third-order valence-corrected chi connectivity index (χ3v) is 5.42. The van der Waals surface area contributed by atoms with Crippen LogP contribution in [0.3, 0.4) is 0 Å². The Morgan fingerprint density at radius 1 is 1.05 bits per heavy atom. The normalized spacial score (nSPS) is 19.8. The van der Waals surface area contributed by atoms with Crippen LogP contribution in [0.1, 0.15) is 34.1 Å². The van der Waals surface area contributed by atoms with Crippen LogP contribution >= 0.6 is 0 Å². The molecule has 0 atom stereocenters. The summed E-state index contributed by atoms with van der Waals surface area (Å²) >= 11 is 0. The van der Waals surface area contributed by atoms with Gasteiger partial charge in [0.2, 0.25) is 10.0 Å². The number of nitrogens with one attached hydrogen (secondary N) is 1. The van der Waals surface area contributed by atoms with E-state index in [1.807, 2.05) is 0 Å². The zero-order valence-electron chi connectivity index (χ0n) is 12.8. The molecule has 0 aromatic carbocycles. The number of piperazine rings is 1. The minimum Gasteiger partial charge on any atom is -0.316 e. The average molecular weight is 291 g/mol. The molecule has 1 heterocycles. The average Bonchev–Trinajstić information content (AvgIpc) is 2.34. The molecule has 1 rings (SSSR count). The van der Waals surface area contributed by atoms with Gasteiger partial charge in [0.15, 0.2) is 0 Å². The fourth-order valence-corrected chi connectivity index (χ4v) is 3.65. The molecule has 1 fully saturated rings. The molecule has 6 heteroatoms. The van der Waals surface area contributed by atoms with Gasteiger partial charge in [-0.05, 0) is 33.7 Å². The molecule has 0 unspecified atom stereocenters. The van der Waals surface area contributed by atoms with Crippen LogP contribution in [0.5, 0.6) is 0 Å². The first-order valence-electron chi connectivity index (χ1n) is 7.21. The number of sulfonamides is 1. The SMILES string of the molecule is CCCNCCS(=O)(=O)N1CCN(C(C)(C)C)CC1. The molecule has 0 spiro atoms. The summed E-state index contributed by atoms with van der Waals surface area (Å²) in [6.45, 7) is 12.9. The second-order valence-corrected chi connectivity index (χ2v) is 8.21. The quantitative estimate of drug-likeness (QED) is 0.733. The van der Waals surface area contributed by atoms with E-state index in [2.05, 4.69) is 37.9 Å². The van der Waals surface area contributed by atoms with Crippen LogP contribution in [0.25, 0.3) is 0 Å². The lowest BCUT2D eigenvalue weighted by molar-refractivity contribution is 0.0922. The summed E-state index contributed by atoms with van der Waals surface area (Å²) in [4.78, 5) is 2.34. The summed E-state index contributed by atoms with van der Waals surface area (Å²) in [6, 6.07) is 0. The predicted octanol–water partition coefficient (Wildman–Crippen LogP) is 0.732. The van der Waals surface area contributed by atoms with Gasteiger partial charge in [0.05, 0.1) is 5.75 Å². The van der Waals surface area contributed by atoms with Crippen molar-refractivity contribution in [2.45, 2.75) is 39.7 Å². The Labute approximate surface area is 118 Å². The minimum atomic E-state index is -3.09. The van der Waals surface area contributed by atoms with Crippen LogP contribution < -0.4 is 5.32 Å². The van der Waals surface area contributed by atoms with Crippen LogP contribution in [0.2, 0.25) is 0 Å². The Morgan fingerprint density at radius 2 is 1.63 bits per heavy atom. The Bertz CT molecular complexity index is 355. The molecule has 1 aliphatic heterocycles. The molecule has 0 aromatic heterocycles. The molecule has 0 aliphatic carbocycles. The maximum absolute atomic E-state index is 12.2. The topological polar surface area (TPSA) is 52.7 Å². The van der Waals surface area contributed by atoms with Crippen molar-refractivity contribution in [3.8, 4) is 0 Å². The van der Waals surface area contributed by atoms with E-state index in [0.717, 1.165) is 26.1 Å². The van der Waals surface area contributed by atoms with Crippen molar-refractivity contribution < 1.29 is 8.42 Å². The molecule has 1 N–H and O–H groups in total. The Hall–Kier alpha value is -0.170. The first-order chi connectivity index (χ1) is 8.77. The summed E-state index contributed by atoms with van der Waals surface area (Å²) < 4.78 is 26.0. The maximum atomic E-state index is 12.2. The Morgan fingerprint density at radius 3 is 2.11 bits per heavy atom. The zero-order valence-corrected chi connectivity index (χ0v) is 13.6. The van der Waals surface area contributed by atoms with Crippen LogP contribution in [-0.2, 0) is 10.0 Å². The van der Waals surface area contributed by atoms with Gasteiger partial charge in [-0.1, -0.05) is 6.92 Å². The first-order valence-corrected chi connectivity index (χ1v) is 8.82. The summed E-state index contributed by atoms with van der Waals surface area (Å²) in [5, 5.41) is 3.15. The van der Waals surface area contributed by atoms with Gasteiger partial charge in [0, 0.05) is 38.3 Å². The molecule has 0 saturated carbocycles. The highest BCUT2D eigenvalue weighted by Gasteiger charge is 2.30. The molecule has 0 radical (unpaired) electrons. The van der Waals surface area contributed by atoms with Crippen molar-refractivity contribution in [2.24, 2.45) is 0 Å². The molecule has 0 amide bonds. The number of nitrogens with zero attached hydrogens (tertiary/aromatic N) is 2. The molecule has 19 heavy (non-hydrogen) atoms. The summed E-state index contributed by atoms with van der Waals surface area (Å²) in [7, 11) is -3.09. The van der Waals surface area contributed by atoms with Crippen LogP contribution in [0.4, 0.5) is 0 Å². The smallest absolute Gasteiger partial charge is 0.215 e. The van der Waals surface area contributed by atoms with Gasteiger partial charge >= 0.3 is 0 Å². The molecule has 1 saturated heterocycles. The number of rotatable bonds is 6. The fourth-order valence-electron chi connectivity index (χ4n) is 2.27. The summed E-state index contributed by atoms with van der Waals surface area (Å²) in [5.74, 6) is 0.211. The van der Waals surface area contributed by atoms with Crippen LogP contribution in [-0.4, -0.2) is 68.2 Å². The third-order valence-electron chi connectivity index (χ3n) is 3.54. The standard InChI is InChI=1S/C13H29N3O2S/c1-5-6-14-7-12-19(17,18)16-10-8-15(9-11-16)13(2,3)4/h14H,5-12H2,1-4H3. The van der Waals surface area contributed by atoms with E-state index < -0.39 is 10.0 Å². The zero-order chi connectivity index (χ0) is 14.5. The van der Waals surface area contributed by atoms with Crippen molar-refractivity contribution in [1.82, 2.24) is 14.5 Å². The van der Waals surface area contributed by atoms with Crippen molar-refractivity contribution in [3.63, 3.8) is 0 Å². The highest BCUT2D eigenvalue weighted by atomic mass is 32.2. The summed E-state index contributed by atoms with van der Waals surface area (Å²) in [5.41, 5.74) is 0.124. The van der Waals surface area contributed by atoms with E-state index in [-0.39, 0.29) is 11.3 Å². The molecule has 114 valence electrons. The highest BCUT2D eigenvalue weighted by molar-refractivity contribution is 7.89. The third kappa shape index (κ3) is 5.38. The van der Waals surface area contributed by atoms with Gasteiger partial charge in [0.25, 0.3) is 0 Å². The molecular formula is C13H29N3O2S. The van der Waals surface area contributed by atoms with Crippen molar-refractivity contribution in [2.75, 3.05) is 45.0 Å². The van der Waals surface area contributed by atoms with E-state index in [1.165, 1.54) is 0 Å². The summed E-state index contributed by atoms with van der Waals surface area (Å²) in [6.07, 6.45) is 1.03. The van der Waals surface area contributed by atoms with Crippen molar-refractivity contribution in [1.29, 1.82) is 0 Å². The molecule has 5 nitrogen and oxygen atoms in total. The second kappa shape index (κ2) is 7.02. The van der Waals surface area contributed by atoms with Gasteiger partial charge in [-0.2, -0.15) is 4.31 Å². The monoisotopic (exact) mass is 291 g/mol. The van der Waals surface area contributed by atoms with Crippen LogP contribution in [0, 0.1) is 0 Å². The van der Waals surface area contributed by atoms with E-state index in [1.54, 1.807) is 4.31 Å². The van der Waals surface area contributed by atoms with Crippen molar-refractivity contribution in [3.05, 3.63) is 0 Å². The van der Waals surface area contributed by atoms with Gasteiger partial charge in [0.1, 0.15) is 0 Å². The van der Waals surface area contributed by atoms with E-state index in [0.29, 0.717) is 19.6 Å². The van der Waals surface area contributed by atoms with E-state index >= 15 is 0 Å². The number of hydrogen-bond donors (Lipinski definition) is 1. The predicted molar refractivity (Wildman–Crippen MR) is 79.8 cm³/mol. The molecule has 1 aliphatic rings. The van der Waals surface area contributed by atoms with Gasteiger partial charge in [-0.15, -0.1) is 0 Å². The van der Waals surface area contributed by atoms with Crippen molar-refractivity contribution >= 4 is 10.0 Å². The second-order valence-electron chi connectivity index (χ2n) is 6.12. The van der Waals surface area contributed by atoms with E-state index in [4.69, 9.17) is 0 Å². The lowest BCUT2D eigenvalue weighted by atomic mass is 10.1. The lowest BCUT2D eigenvalue weighted by Gasteiger charge is -2.41. The van der Waals surface area contributed by atoms with E-state index in [9.17, 15) is 8.42 Å². The Balaban J connectivity index is 2.41. The Kier molecular flexibility index (Phi) is 6.23. The lowest BCUT2D eigenvalue weighted by Crippen LogP contribution is -2.55.